The van der Waals surface area contributed by atoms with Crippen molar-refractivity contribution >= 4 is 32.6 Å². The van der Waals surface area contributed by atoms with Gasteiger partial charge in [-0.3, -0.25) is 0 Å². The van der Waals surface area contributed by atoms with E-state index in [1.54, 1.807) is 0 Å². The minimum absolute atomic E-state index is 0.620. The van der Waals surface area contributed by atoms with Crippen molar-refractivity contribution < 1.29 is 4.42 Å². The van der Waals surface area contributed by atoms with Crippen LogP contribution in [0.1, 0.15) is 0 Å². The van der Waals surface area contributed by atoms with Gasteiger partial charge >= 0.3 is 0 Å². The van der Waals surface area contributed by atoms with Crippen LogP contribution in [-0.2, 0) is 0 Å². The molecule has 0 atom stereocenters. The summed E-state index contributed by atoms with van der Waals surface area (Å²) in [4.78, 5) is 19.6. The highest BCUT2D eigenvalue weighted by Crippen LogP contribution is 2.39. The number of benzene rings is 7. The van der Waals surface area contributed by atoms with Gasteiger partial charge in [-0.25, -0.2) is 19.9 Å². The fraction of sp³-hybridized carbons (Fsp3) is 0. The lowest BCUT2D eigenvalue weighted by Gasteiger charge is -2.10. The molecular formula is C42H26N4O. The highest BCUT2D eigenvalue weighted by molar-refractivity contribution is 6.23. The molecule has 0 N–H and O–H groups in total. The number of oxazole rings is 1. The highest BCUT2D eigenvalue weighted by Gasteiger charge is 2.17. The van der Waals surface area contributed by atoms with E-state index in [9.17, 15) is 0 Å². The Bertz CT molecular complexity index is 2490. The monoisotopic (exact) mass is 602 g/mol. The predicted octanol–water partition coefficient (Wildman–Crippen LogP) is 10.7. The van der Waals surface area contributed by atoms with Gasteiger partial charge in [-0.1, -0.05) is 140 Å². The average Bonchev–Trinajstić information content (AvgIpc) is 3.62. The van der Waals surface area contributed by atoms with Crippen molar-refractivity contribution in [2.45, 2.75) is 0 Å². The number of aromatic nitrogens is 4. The lowest BCUT2D eigenvalue weighted by Crippen LogP contribution is -2.00. The van der Waals surface area contributed by atoms with Crippen molar-refractivity contribution in [1.29, 1.82) is 0 Å². The smallest absolute Gasteiger partial charge is 0.227 e. The van der Waals surface area contributed by atoms with Crippen LogP contribution in [0.4, 0.5) is 0 Å². The molecule has 0 aliphatic rings. The van der Waals surface area contributed by atoms with E-state index in [0.717, 1.165) is 66.0 Å². The Morgan fingerprint density at radius 3 is 1.36 bits per heavy atom. The molecule has 0 amide bonds. The van der Waals surface area contributed by atoms with Crippen LogP contribution in [0.25, 0.3) is 89.4 Å². The summed E-state index contributed by atoms with van der Waals surface area (Å²) in [5, 5.41) is 4.41. The number of nitrogens with zero attached hydrogens (tertiary/aromatic N) is 4. The van der Waals surface area contributed by atoms with Crippen molar-refractivity contribution in [2.75, 3.05) is 0 Å². The van der Waals surface area contributed by atoms with Crippen LogP contribution in [0.5, 0.6) is 0 Å². The number of hydrogen-bond donors (Lipinski definition) is 0. The predicted molar refractivity (Wildman–Crippen MR) is 190 cm³/mol. The summed E-state index contributed by atoms with van der Waals surface area (Å²) < 4.78 is 6.51. The molecule has 5 heteroatoms. The normalized spacial score (nSPS) is 11.4. The second-order valence-electron chi connectivity index (χ2n) is 11.5. The molecule has 0 fully saturated rings. The summed E-state index contributed by atoms with van der Waals surface area (Å²) in [6.07, 6.45) is 0. The van der Waals surface area contributed by atoms with E-state index >= 15 is 0 Å². The standard InChI is InChI=1S/C42H26N4O/c1-4-12-28(13-5-1)39-44-40(29-14-6-2-7-15-29)46-41(45-39)30-22-20-27(21-23-30)32-24-25-34-33-18-10-11-19-35(33)37-38(36(34)26-32)47-42(43-37)31-16-8-3-9-17-31/h1-26H. The first-order valence-corrected chi connectivity index (χ1v) is 15.6. The number of hydrogen-bond acceptors (Lipinski definition) is 5. The Kier molecular flexibility index (Phi) is 6.39. The van der Waals surface area contributed by atoms with Gasteiger partial charge in [0.05, 0.1) is 0 Å². The maximum absolute atomic E-state index is 6.51. The minimum Gasteiger partial charge on any atom is -0.435 e. The molecule has 0 spiro atoms. The van der Waals surface area contributed by atoms with Gasteiger partial charge in [0.15, 0.2) is 23.1 Å². The molecule has 9 aromatic rings. The third-order valence-electron chi connectivity index (χ3n) is 8.56. The number of rotatable bonds is 5. The van der Waals surface area contributed by atoms with Gasteiger partial charge in [-0.15, -0.1) is 0 Å². The topological polar surface area (TPSA) is 64.7 Å². The molecule has 0 radical (unpaired) electrons. The maximum atomic E-state index is 6.51. The SMILES string of the molecule is c1ccc(-c2nc(-c3ccccc3)nc(-c3ccc(-c4ccc5c6ccccc6c6nc(-c7ccccc7)oc6c5c4)cc3)n2)cc1. The second-order valence-corrected chi connectivity index (χ2v) is 11.5. The molecule has 9 rings (SSSR count). The Balaban J connectivity index is 1.15. The van der Waals surface area contributed by atoms with Gasteiger partial charge in [0.1, 0.15) is 5.52 Å². The minimum atomic E-state index is 0.620. The van der Waals surface area contributed by atoms with Gasteiger partial charge in [0.25, 0.3) is 0 Å². The molecule has 0 unspecified atom stereocenters. The lowest BCUT2D eigenvalue weighted by atomic mass is 9.96. The molecule has 0 aliphatic carbocycles. The summed E-state index contributed by atoms with van der Waals surface area (Å²) in [5.41, 5.74) is 7.61. The summed E-state index contributed by atoms with van der Waals surface area (Å²) >= 11 is 0. The molecule has 0 aliphatic heterocycles. The first-order valence-electron chi connectivity index (χ1n) is 15.6. The van der Waals surface area contributed by atoms with Crippen LogP contribution in [0.3, 0.4) is 0 Å². The van der Waals surface area contributed by atoms with Gasteiger partial charge < -0.3 is 4.42 Å². The van der Waals surface area contributed by atoms with Crippen LogP contribution in [0.15, 0.2) is 162 Å². The largest absolute Gasteiger partial charge is 0.435 e. The van der Waals surface area contributed by atoms with Gasteiger partial charge in [0, 0.05) is 33.0 Å². The zero-order valence-electron chi connectivity index (χ0n) is 25.2. The van der Waals surface area contributed by atoms with Crippen LogP contribution in [0.2, 0.25) is 0 Å². The van der Waals surface area contributed by atoms with E-state index < -0.39 is 0 Å². The van der Waals surface area contributed by atoms with Crippen molar-refractivity contribution in [3.8, 4) is 56.7 Å². The molecule has 220 valence electrons. The molecule has 7 aromatic carbocycles. The van der Waals surface area contributed by atoms with Gasteiger partial charge in [-0.05, 0) is 40.1 Å². The summed E-state index contributed by atoms with van der Waals surface area (Å²) in [7, 11) is 0. The Labute approximate surface area is 270 Å². The highest BCUT2D eigenvalue weighted by atomic mass is 16.3. The quantitative estimate of drug-likeness (QED) is 0.183. The molecule has 0 bridgehead atoms. The third-order valence-corrected chi connectivity index (χ3v) is 8.56. The lowest BCUT2D eigenvalue weighted by molar-refractivity contribution is 0.623. The van der Waals surface area contributed by atoms with Crippen LogP contribution < -0.4 is 0 Å². The average molecular weight is 603 g/mol. The zero-order valence-corrected chi connectivity index (χ0v) is 25.2. The zero-order chi connectivity index (χ0) is 31.2. The summed E-state index contributed by atoms with van der Waals surface area (Å²) in [5.74, 6) is 2.54. The van der Waals surface area contributed by atoms with E-state index in [2.05, 4.69) is 66.7 Å². The Morgan fingerprint density at radius 2 is 0.766 bits per heavy atom. The van der Waals surface area contributed by atoms with Crippen molar-refractivity contribution in [3.63, 3.8) is 0 Å². The molecule has 0 saturated carbocycles. The van der Waals surface area contributed by atoms with Crippen molar-refractivity contribution in [3.05, 3.63) is 158 Å². The van der Waals surface area contributed by atoms with E-state index in [-0.39, 0.29) is 0 Å². The van der Waals surface area contributed by atoms with E-state index in [1.807, 2.05) is 91.0 Å². The third kappa shape index (κ3) is 4.82. The molecule has 0 saturated heterocycles. The fourth-order valence-corrected chi connectivity index (χ4v) is 6.21. The first-order chi connectivity index (χ1) is 23.3. The second kappa shape index (κ2) is 11.2. The van der Waals surface area contributed by atoms with Crippen molar-refractivity contribution in [1.82, 2.24) is 19.9 Å². The van der Waals surface area contributed by atoms with E-state index in [1.165, 1.54) is 0 Å². The molecule has 2 aromatic heterocycles. The first kappa shape index (κ1) is 26.9. The van der Waals surface area contributed by atoms with Crippen molar-refractivity contribution in [2.24, 2.45) is 0 Å². The molecular weight excluding hydrogens is 576 g/mol. The summed E-state index contributed by atoms with van der Waals surface area (Å²) in [6, 6.07) is 53.5. The number of fused-ring (bicyclic) bond motifs is 6. The van der Waals surface area contributed by atoms with Gasteiger partial charge in [0.2, 0.25) is 5.89 Å². The Hall–Kier alpha value is -6.46. The van der Waals surface area contributed by atoms with E-state index in [4.69, 9.17) is 24.4 Å². The molecule has 5 nitrogen and oxygen atoms in total. The maximum Gasteiger partial charge on any atom is 0.227 e. The van der Waals surface area contributed by atoms with E-state index in [0.29, 0.717) is 23.4 Å². The molecule has 47 heavy (non-hydrogen) atoms. The fourth-order valence-electron chi connectivity index (χ4n) is 6.21. The molecule has 2 heterocycles. The van der Waals surface area contributed by atoms with Crippen LogP contribution >= 0.6 is 0 Å². The van der Waals surface area contributed by atoms with Crippen LogP contribution in [-0.4, -0.2) is 19.9 Å². The summed E-state index contributed by atoms with van der Waals surface area (Å²) in [6.45, 7) is 0. The van der Waals surface area contributed by atoms with Gasteiger partial charge in [-0.2, -0.15) is 0 Å². The Morgan fingerprint density at radius 1 is 0.319 bits per heavy atom. The van der Waals surface area contributed by atoms with Crippen LogP contribution in [0, 0.1) is 0 Å².